The van der Waals surface area contributed by atoms with Gasteiger partial charge in [-0.2, -0.15) is 4.98 Å². The van der Waals surface area contributed by atoms with Gasteiger partial charge in [-0.15, -0.1) is 0 Å². The Morgan fingerprint density at radius 3 is 2.63 bits per heavy atom. The summed E-state index contributed by atoms with van der Waals surface area (Å²) in [5, 5.41) is 8.04. The lowest BCUT2D eigenvalue weighted by Gasteiger charge is -2.03. The number of rotatable bonds is 3. The van der Waals surface area contributed by atoms with Crippen molar-refractivity contribution in [3.05, 3.63) is 41.4 Å². The number of nitrogens with zero attached hydrogens (tertiary/aromatic N) is 3. The van der Waals surface area contributed by atoms with Gasteiger partial charge in [0.1, 0.15) is 6.33 Å². The van der Waals surface area contributed by atoms with E-state index in [9.17, 15) is 13.2 Å². The first-order chi connectivity index (χ1) is 8.91. The Hall–Kier alpha value is -2.06. The van der Waals surface area contributed by atoms with E-state index < -0.39 is 21.0 Å². The number of hydrogen-bond acceptors (Lipinski definition) is 6. The van der Waals surface area contributed by atoms with Crippen LogP contribution in [0.1, 0.15) is 10.4 Å². The number of sulfone groups is 1. The minimum Gasteiger partial charge on any atom is -0.478 e. The van der Waals surface area contributed by atoms with Gasteiger partial charge in [-0.1, -0.05) is 6.07 Å². The number of halogens is 1. The predicted molar refractivity (Wildman–Crippen MR) is 63.7 cm³/mol. The Bertz CT molecular complexity index is 748. The maximum Gasteiger partial charge on any atom is 0.335 e. The van der Waals surface area contributed by atoms with Crippen molar-refractivity contribution in [1.29, 1.82) is 0 Å². The molecular weight excluding hydrogens is 294 g/mol. The maximum absolute atomic E-state index is 12.2. The molecule has 1 aromatic heterocycles. The first kappa shape index (κ1) is 13.4. The summed E-state index contributed by atoms with van der Waals surface area (Å²) < 4.78 is 24.3. The summed E-state index contributed by atoms with van der Waals surface area (Å²) in [7, 11) is -4.03. The summed E-state index contributed by atoms with van der Waals surface area (Å²) in [6, 6.07) is 4.87. The smallest absolute Gasteiger partial charge is 0.335 e. The first-order valence-electron chi connectivity index (χ1n) is 4.84. The van der Waals surface area contributed by atoms with E-state index in [2.05, 4.69) is 15.0 Å². The first-order valence-corrected chi connectivity index (χ1v) is 6.70. The fourth-order valence-electron chi connectivity index (χ4n) is 1.29. The highest BCUT2D eigenvalue weighted by molar-refractivity contribution is 7.91. The summed E-state index contributed by atoms with van der Waals surface area (Å²) in [6.45, 7) is 0. The second-order valence-electron chi connectivity index (χ2n) is 3.37. The zero-order valence-corrected chi connectivity index (χ0v) is 10.8. The van der Waals surface area contributed by atoms with Crippen LogP contribution in [0.2, 0.25) is 5.28 Å². The highest BCUT2D eigenvalue weighted by atomic mass is 35.5. The average Bonchev–Trinajstić information content (AvgIpc) is 2.39. The van der Waals surface area contributed by atoms with Crippen molar-refractivity contribution in [1.82, 2.24) is 15.0 Å². The number of hydrogen-bond donors (Lipinski definition) is 1. The van der Waals surface area contributed by atoms with E-state index in [1.54, 1.807) is 0 Å². The molecule has 1 N–H and O–H groups in total. The zero-order valence-electron chi connectivity index (χ0n) is 9.19. The summed E-state index contributed by atoms with van der Waals surface area (Å²) in [4.78, 5) is 21.1. The fourth-order valence-corrected chi connectivity index (χ4v) is 2.61. The number of carboxylic acid groups (broad SMARTS) is 1. The second kappa shape index (κ2) is 4.90. The van der Waals surface area contributed by atoms with E-state index in [0.29, 0.717) is 0 Å². The van der Waals surface area contributed by atoms with E-state index in [1.807, 2.05) is 0 Å². The largest absolute Gasteiger partial charge is 0.478 e. The lowest BCUT2D eigenvalue weighted by atomic mass is 10.2. The Kier molecular flexibility index (Phi) is 3.45. The van der Waals surface area contributed by atoms with Crippen LogP contribution in [0.15, 0.2) is 40.6 Å². The number of aromatic nitrogens is 3. The molecule has 19 heavy (non-hydrogen) atoms. The van der Waals surface area contributed by atoms with E-state index in [1.165, 1.54) is 18.2 Å². The Balaban J connectivity index is 2.57. The van der Waals surface area contributed by atoms with Crippen LogP contribution in [0, 0.1) is 0 Å². The number of carbonyl (C=O) groups is 1. The van der Waals surface area contributed by atoms with E-state index in [-0.39, 0.29) is 15.7 Å². The molecule has 7 nitrogen and oxygen atoms in total. The predicted octanol–water partition coefficient (Wildman–Crippen LogP) is 1.06. The van der Waals surface area contributed by atoms with Gasteiger partial charge in [0.2, 0.25) is 15.1 Å². The van der Waals surface area contributed by atoms with Gasteiger partial charge in [-0.05, 0) is 29.8 Å². The van der Waals surface area contributed by atoms with Gasteiger partial charge in [-0.25, -0.2) is 23.2 Å². The van der Waals surface area contributed by atoms with Crippen molar-refractivity contribution in [3.63, 3.8) is 0 Å². The highest BCUT2D eigenvalue weighted by Crippen LogP contribution is 2.19. The van der Waals surface area contributed by atoms with E-state index in [4.69, 9.17) is 16.7 Å². The van der Waals surface area contributed by atoms with Crippen LogP contribution in [0.3, 0.4) is 0 Å². The van der Waals surface area contributed by atoms with Crippen molar-refractivity contribution in [3.8, 4) is 0 Å². The molecule has 2 rings (SSSR count). The van der Waals surface area contributed by atoms with E-state index in [0.717, 1.165) is 12.4 Å². The molecule has 0 aliphatic carbocycles. The van der Waals surface area contributed by atoms with Gasteiger partial charge in [-0.3, -0.25) is 0 Å². The minimum atomic E-state index is -4.03. The van der Waals surface area contributed by atoms with Crippen LogP contribution in [0.25, 0.3) is 0 Å². The van der Waals surface area contributed by atoms with Crippen molar-refractivity contribution >= 4 is 27.4 Å². The van der Waals surface area contributed by atoms with Crippen molar-refractivity contribution in [2.24, 2.45) is 0 Å². The summed E-state index contributed by atoms with van der Waals surface area (Å²) in [5.74, 6) is -1.23. The van der Waals surface area contributed by atoms with E-state index >= 15 is 0 Å². The minimum absolute atomic E-state index is 0.152. The molecule has 0 fully saturated rings. The molecule has 0 saturated carbocycles. The van der Waals surface area contributed by atoms with Gasteiger partial charge in [0, 0.05) is 0 Å². The van der Waals surface area contributed by atoms with Gasteiger partial charge < -0.3 is 5.11 Å². The molecule has 0 aliphatic rings. The summed E-state index contributed by atoms with van der Waals surface area (Å²) in [5.41, 5.74) is -0.152. The third kappa shape index (κ3) is 2.69. The molecule has 0 spiro atoms. The van der Waals surface area contributed by atoms with Crippen LogP contribution in [-0.2, 0) is 9.84 Å². The van der Waals surface area contributed by atoms with Crippen molar-refractivity contribution < 1.29 is 18.3 Å². The summed E-state index contributed by atoms with van der Waals surface area (Å²) >= 11 is 5.50. The summed E-state index contributed by atoms with van der Waals surface area (Å²) in [6.07, 6.45) is 0.962. The second-order valence-corrected chi connectivity index (χ2v) is 5.55. The van der Waals surface area contributed by atoms with Crippen LogP contribution < -0.4 is 0 Å². The maximum atomic E-state index is 12.2. The molecule has 0 saturated heterocycles. The lowest BCUT2D eigenvalue weighted by molar-refractivity contribution is 0.0696. The molecule has 0 aliphatic heterocycles. The average molecular weight is 300 g/mol. The monoisotopic (exact) mass is 299 g/mol. The zero-order chi connectivity index (χ0) is 14.0. The number of carboxylic acids is 1. The molecule has 0 amide bonds. The quantitative estimate of drug-likeness (QED) is 0.902. The Labute approximate surface area is 112 Å². The normalized spacial score (nSPS) is 11.2. The molecular formula is C10H6ClN3O4S. The standard InChI is InChI=1S/C10H6ClN3O4S/c11-9-12-5-13-10(14-9)19(17,18)7-3-1-2-6(4-7)8(15)16/h1-5H,(H,15,16). The molecule has 98 valence electrons. The Morgan fingerprint density at radius 1 is 1.26 bits per heavy atom. The molecule has 0 bridgehead atoms. The van der Waals surface area contributed by atoms with Gasteiger partial charge in [0.15, 0.2) is 0 Å². The van der Waals surface area contributed by atoms with Crippen LogP contribution >= 0.6 is 11.6 Å². The molecule has 2 aromatic rings. The lowest BCUT2D eigenvalue weighted by Crippen LogP contribution is -2.09. The fraction of sp³-hybridized carbons (Fsp3) is 0. The third-order valence-corrected chi connectivity index (χ3v) is 3.89. The molecule has 0 radical (unpaired) electrons. The molecule has 1 heterocycles. The van der Waals surface area contributed by atoms with Crippen LogP contribution in [-0.4, -0.2) is 34.4 Å². The molecule has 0 atom stereocenters. The SMILES string of the molecule is O=C(O)c1cccc(S(=O)(=O)c2ncnc(Cl)n2)c1. The topological polar surface area (TPSA) is 110 Å². The van der Waals surface area contributed by atoms with Crippen molar-refractivity contribution in [2.45, 2.75) is 10.1 Å². The van der Waals surface area contributed by atoms with Gasteiger partial charge in [0.25, 0.3) is 5.16 Å². The Morgan fingerprint density at radius 2 is 2.00 bits per heavy atom. The van der Waals surface area contributed by atoms with Crippen LogP contribution in [0.4, 0.5) is 0 Å². The molecule has 0 unspecified atom stereocenters. The number of aromatic carboxylic acids is 1. The van der Waals surface area contributed by atoms with Crippen LogP contribution in [0.5, 0.6) is 0 Å². The number of benzene rings is 1. The molecule has 9 heteroatoms. The van der Waals surface area contributed by atoms with Crippen molar-refractivity contribution in [2.75, 3.05) is 0 Å². The van der Waals surface area contributed by atoms with Gasteiger partial charge >= 0.3 is 5.97 Å². The van der Waals surface area contributed by atoms with Gasteiger partial charge in [0.05, 0.1) is 10.5 Å². The molecule has 1 aromatic carbocycles. The highest BCUT2D eigenvalue weighted by Gasteiger charge is 2.22. The third-order valence-electron chi connectivity index (χ3n) is 2.15.